The summed E-state index contributed by atoms with van der Waals surface area (Å²) < 4.78 is 11.5. The van der Waals surface area contributed by atoms with E-state index in [4.69, 9.17) is 9.47 Å². The van der Waals surface area contributed by atoms with E-state index in [2.05, 4.69) is 5.32 Å². The van der Waals surface area contributed by atoms with Gasteiger partial charge in [-0.05, 0) is 23.3 Å². The largest absolute Gasteiger partial charge is 0.496 e. The molecule has 4 heteroatoms. The molecule has 0 saturated carbocycles. The number of ketones is 1. The number of ether oxygens (including phenoxy) is 2. The smallest absolute Gasteiger partial charge is 0.151 e. The van der Waals surface area contributed by atoms with E-state index in [1.54, 1.807) is 14.2 Å². The third kappa shape index (κ3) is 4.33. The van der Waals surface area contributed by atoms with Gasteiger partial charge < -0.3 is 14.8 Å². The average Bonchev–Trinajstić information content (AvgIpc) is 2.93. The number of hydrogen-bond donors (Lipinski definition) is 1. The van der Waals surface area contributed by atoms with Crippen molar-refractivity contribution in [3.05, 3.63) is 131 Å². The third-order valence-electron chi connectivity index (χ3n) is 6.90. The van der Waals surface area contributed by atoms with Gasteiger partial charge in [0.05, 0.1) is 38.1 Å². The highest BCUT2D eigenvalue weighted by atomic mass is 16.5. The standard InChI is InChI=1S/C31H29NO3/c1-34-25-19-11-9-17-23(25)29-27(21-13-5-3-6-14-21)31(33)28(22-15-7-4-8-16-22)30(32-29)24-18-10-12-20-26(24)35-2/h3-20,27-30,32H,1-2H3/t27-,28+,29-,30+. The second kappa shape index (κ2) is 10.2. The Labute approximate surface area is 206 Å². The van der Waals surface area contributed by atoms with Crippen LogP contribution in [0, 0.1) is 0 Å². The second-order valence-electron chi connectivity index (χ2n) is 8.78. The molecule has 1 saturated heterocycles. The summed E-state index contributed by atoms with van der Waals surface area (Å²) in [5.74, 6) is 0.923. The zero-order chi connectivity index (χ0) is 24.2. The molecular formula is C31H29NO3. The fourth-order valence-corrected chi connectivity index (χ4v) is 5.33. The number of piperidine rings is 1. The fourth-order valence-electron chi connectivity index (χ4n) is 5.33. The number of Topliss-reactive ketones (excluding diaryl/α,β-unsaturated/α-hetero) is 1. The van der Waals surface area contributed by atoms with E-state index in [0.717, 1.165) is 33.8 Å². The van der Waals surface area contributed by atoms with Crippen molar-refractivity contribution in [1.29, 1.82) is 0 Å². The van der Waals surface area contributed by atoms with Crippen LogP contribution in [-0.4, -0.2) is 20.0 Å². The quantitative estimate of drug-likeness (QED) is 0.368. The molecule has 4 aromatic rings. The lowest BCUT2D eigenvalue weighted by atomic mass is 9.69. The van der Waals surface area contributed by atoms with Crippen molar-refractivity contribution in [1.82, 2.24) is 5.32 Å². The number of hydrogen-bond acceptors (Lipinski definition) is 4. The number of rotatable bonds is 6. The number of nitrogens with one attached hydrogen (secondary N) is 1. The van der Waals surface area contributed by atoms with Crippen molar-refractivity contribution in [3.63, 3.8) is 0 Å². The Kier molecular flexibility index (Phi) is 6.64. The van der Waals surface area contributed by atoms with Crippen LogP contribution in [0.1, 0.15) is 46.2 Å². The number of carbonyl (C=O) groups is 1. The first-order valence-corrected chi connectivity index (χ1v) is 11.9. The number of carbonyl (C=O) groups excluding carboxylic acids is 1. The minimum Gasteiger partial charge on any atom is -0.496 e. The maximum Gasteiger partial charge on any atom is 0.151 e. The van der Waals surface area contributed by atoms with Gasteiger partial charge in [-0.2, -0.15) is 0 Å². The lowest BCUT2D eigenvalue weighted by Gasteiger charge is -2.43. The van der Waals surface area contributed by atoms with Crippen molar-refractivity contribution < 1.29 is 14.3 Å². The zero-order valence-electron chi connectivity index (χ0n) is 19.9. The molecule has 4 atom stereocenters. The van der Waals surface area contributed by atoms with Crippen molar-refractivity contribution in [2.45, 2.75) is 23.9 Å². The summed E-state index contributed by atoms with van der Waals surface area (Å²) in [7, 11) is 3.34. The van der Waals surface area contributed by atoms with Crippen molar-refractivity contribution >= 4 is 5.78 Å². The summed E-state index contributed by atoms with van der Waals surface area (Å²) in [5, 5.41) is 3.88. The molecule has 0 unspecified atom stereocenters. The molecule has 1 heterocycles. The summed E-state index contributed by atoms with van der Waals surface area (Å²) >= 11 is 0. The van der Waals surface area contributed by atoms with Gasteiger partial charge in [0.1, 0.15) is 11.5 Å². The summed E-state index contributed by atoms with van der Waals surface area (Å²) in [6.45, 7) is 0. The van der Waals surface area contributed by atoms with Gasteiger partial charge in [-0.1, -0.05) is 97.1 Å². The molecule has 0 spiro atoms. The van der Waals surface area contributed by atoms with E-state index in [0.29, 0.717) is 0 Å². The van der Waals surface area contributed by atoms with Gasteiger partial charge in [0.2, 0.25) is 0 Å². The van der Waals surface area contributed by atoms with Crippen LogP contribution in [0.5, 0.6) is 11.5 Å². The van der Waals surface area contributed by atoms with Crippen LogP contribution in [0.15, 0.2) is 109 Å². The molecule has 0 bridgehead atoms. The Morgan fingerprint density at radius 3 is 1.31 bits per heavy atom. The van der Waals surface area contributed by atoms with Crippen molar-refractivity contribution in [2.75, 3.05) is 14.2 Å². The molecule has 0 amide bonds. The molecule has 176 valence electrons. The van der Waals surface area contributed by atoms with Crippen LogP contribution < -0.4 is 14.8 Å². The molecule has 35 heavy (non-hydrogen) atoms. The summed E-state index contributed by atoms with van der Waals surface area (Å²) in [6.07, 6.45) is 0. The first-order chi connectivity index (χ1) is 17.2. The second-order valence-corrected chi connectivity index (χ2v) is 8.78. The molecule has 1 aliphatic rings. The average molecular weight is 464 g/mol. The highest BCUT2D eigenvalue weighted by Crippen LogP contribution is 2.50. The monoisotopic (exact) mass is 463 g/mol. The number of methoxy groups -OCH3 is 2. The van der Waals surface area contributed by atoms with Gasteiger partial charge in [-0.25, -0.2) is 0 Å². The Morgan fingerprint density at radius 2 is 0.914 bits per heavy atom. The molecular weight excluding hydrogens is 434 g/mol. The molecule has 1 N–H and O–H groups in total. The van der Waals surface area contributed by atoms with Gasteiger partial charge in [0.25, 0.3) is 0 Å². The highest BCUT2D eigenvalue weighted by molar-refractivity contribution is 5.94. The van der Waals surface area contributed by atoms with E-state index < -0.39 is 0 Å². The van der Waals surface area contributed by atoms with Crippen LogP contribution >= 0.6 is 0 Å². The third-order valence-corrected chi connectivity index (χ3v) is 6.90. The van der Waals surface area contributed by atoms with Gasteiger partial charge >= 0.3 is 0 Å². The summed E-state index contributed by atoms with van der Waals surface area (Å²) in [4.78, 5) is 14.6. The summed E-state index contributed by atoms with van der Waals surface area (Å²) in [5.41, 5.74) is 3.90. The lowest BCUT2D eigenvalue weighted by Crippen LogP contribution is -2.46. The lowest BCUT2D eigenvalue weighted by molar-refractivity contribution is -0.125. The van der Waals surface area contributed by atoms with Crippen molar-refractivity contribution in [2.24, 2.45) is 0 Å². The van der Waals surface area contributed by atoms with Gasteiger partial charge in [0.15, 0.2) is 5.78 Å². The minimum atomic E-state index is -0.385. The Hall–Kier alpha value is -3.89. The van der Waals surface area contributed by atoms with E-state index in [-0.39, 0.29) is 29.7 Å². The van der Waals surface area contributed by atoms with Gasteiger partial charge in [-0.3, -0.25) is 4.79 Å². The van der Waals surface area contributed by atoms with Gasteiger partial charge in [0, 0.05) is 11.1 Å². The van der Waals surface area contributed by atoms with Crippen LogP contribution in [-0.2, 0) is 4.79 Å². The Morgan fingerprint density at radius 1 is 0.543 bits per heavy atom. The molecule has 0 aromatic heterocycles. The van der Waals surface area contributed by atoms with Crippen LogP contribution in [0.25, 0.3) is 0 Å². The van der Waals surface area contributed by atoms with E-state index >= 15 is 0 Å². The molecule has 5 rings (SSSR count). The molecule has 0 aliphatic carbocycles. The number of para-hydroxylation sites is 2. The van der Waals surface area contributed by atoms with Crippen LogP contribution in [0.2, 0.25) is 0 Å². The Balaban J connectivity index is 1.72. The predicted molar refractivity (Wildman–Crippen MR) is 138 cm³/mol. The molecule has 1 aliphatic heterocycles. The molecule has 4 nitrogen and oxygen atoms in total. The van der Waals surface area contributed by atoms with Crippen LogP contribution in [0.3, 0.4) is 0 Å². The Bertz CT molecular complexity index is 1190. The zero-order valence-corrected chi connectivity index (χ0v) is 19.9. The predicted octanol–water partition coefficient (Wildman–Crippen LogP) is 6.23. The summed E-state index contributed by atoms with van der Waals surface area (Å²) in [6, 6.07) is 35.4. The molecule has 1 fully saturated rings. The highest BCUT2D eigenvalue weighted by Gasteiger charge is 2.47. The fraction of sp³-hybridized carbons (Fsp3) is 0.194. The van der Waals surface area contributed by atoms with Gasteiger partial charge in [-0.15, -0.1) is 0 Å². The van der Waals surface area contributed by atoms with E-state index in [1.807, 2.05) is 109 Å². The number of benzene rings is 4. The maximum atomic E-state index is 14.6. The minimum absolute atomic E-state index is 0.174. The van der Waals surface area contributed by atoms with Crippen LogP contribution in [0.4, 0.5) is 0 Å². The molecule has 0 radical (unpaired) electrons. The van der Waals surface area contributed by atoms with E-state index in [1.165, 1.54) is 0 Å². The SMILES string of the molecule is COc1ccccc1[C@H]1N[C@@H](c2ccccc2OC)[C@H](c2ccccc2)C(=O)[C@@H]1c1ccccc1. The normalized spacial score (nSPS) is 21.9. The first-order valence-electron chi connectivity index (χ1n) is 11.9. The first kappa shape index (κ1) is 22.9. The van der Waals surface area contributed by atoms with Crippen molar-refractivity contribution in [3.8, 4) is 11.5 Å². The maximum absolute atomic E-state index is 14.6. The topological polar surface area (TPSA) is 47.6 Å². The molecule has 4 aromatic carbocycles. The van der Waals surface area contributed by atoms with E-state index in [9.17, 15) is 4.79 Å².